The predicted molar refractivity (Wildman–Crippen MR) is 105 cm³/mol. The Kier molecular flexibility index (Phi) is 6.57. The normalized spacial score (nSPS) is 10.9. The molecule has 0 saturated heterocycles. The van der Waals surface area contributed by atoms with E-state index in [1.807, 2.05) is 0 Å². The molecular weight excluding hydrogens is 434 g/mol. The van der Waals surface area contributed by atoms with Crippen LogP contribution < -0.4 is 20.1 Å². The lowest BCUT2D eigenvalue weighted by molar-refractivity contribution is -0.139. The molecule has 166 valence electrons. The van der Waals surface area contributed by atoms with Gasteiger partial charge >= 0.3 is 12.3 Å². The van der Waals surface area contributed by atoms with Crippen LogP contribution >= 0.6 is 0 Å². The molecule has 3 aromatic rings. The van der Waals surface area contributed by atoms with Gasteiger partial charge in [-0.05, 0) is 42.5 Å². The average molecular weight is 449 g/mol. The molecule has 32 heavy (non-hydrogen) atoms. The van der Waals surface area contributed by atoms with E-state index >= 15 is 0 Å². The van der Waals surface area contributed by atoms with Gasteiger partial charge in [-0.2, -0.15) is 13.2 Å². The molecule has 0 radical (unpaired) electrons. The fourth-order valence-corrected chi connectivity index (χ4v) is 2.52. The van der Waals surface area contributed by atoms with Gasteiger partial charge in [-0.15, -0.1) is 0 Å². The van der Waals surface area contributed by atoms with Crippen LogP contribution in [0.4, 0.5) is 28.0 Å². The number of carbonyl (C=O) groups excluding carboxylic acids is 2. The van der Waals surface area contributed by atoms with Crippen LogP contribution in [0.2, 0.25) is 0 Å². The second kappa shape index (κ2) is 9.33. The van der Waals surface area contributed by atoms with Crippen molar-refractivity contribution in [3.63, 3.8) is 0 Å². The first-order valence-electron chi connectivity index (χ1n) is 8.97. The number of ether oxygens (including phenoxy) is 2. The van der Waals surface area contributed by atoms with Gasteiger partial charge in [0, 0.05) is 30.6 Å². The van der Waals surface area contributed by atoms with Gasteiger partial charge in [0.15, 0.2) is 0 Å². The van der Waals surface area contributed by atoms with Crippen molar-refractivity contribution >= 4 is 17.7 Å². The molecule has 2 aromatic carbocycles. The molecule has 1 aromatic heterocycles. The number of hydrogen-bond acceptors (Lipinski definition) is 5. The summed E-state index contributed by atoms with van der Waals surface area (Å²) in [5.74, 6) is -1.71. The van der Waals surface area contributed by atoms with Gasteiger partial charge in [0.1, 0.15) is 17.3 Å². The fraction of sp³-hybridized carbons (Fsp3) is 0.0952. The van der Waals surface area contributed by atoms with E-state index in [-0.39, 0.29) is 28.6 Å². The standard InChI is InChI=1S/C21H15F4N3O4/c1-26-20(30)32-18-11-15(7-8-27-18)31-14-4-2-3-12(9-14)19(29)28-13-5-6-17(22)16(10-13)21(23,24)25/h2-11H,1H3,(H,26,30)(H,28,29). The van der Waals surface area contributed by atoms with Crippen molar-refractivity contribution in [2.24, 2.45) is 0 Å². The summed E-state index contributed by atoms with van der Waals surface area (Å²) in [4.78, 5) is 27.6. The molecule has 3 rings (SSSR count). The molecule has 2 amide bonds. The van der Waals surface area contributed by atoms with Crippen molar-refractivity contribution < 1.29 is 36.6 Å². The summed E-state index contributed by atoms with van der Waals surface area (Å²) in [6.07, 6.45) is -4.27. The molecule has 0 spiro atoms. The Bertz CT molecular complexity index is 1150. The molecule has 0 saturated carbocycles. The number of benzene rings is 2. The van der Waals surface area contributed by atoms with E-state index < -0.39 is 29.6 Å². The highest BCUT2D eigenvalue weighted by Gasteiger charge is 2.34. The number of anilines is 1. The lowest BCUT2D eigenvalue weighted by Gasteiger charge is -2.12. The first-order chi connectivity index (χ1) is 15.2. The van der Waals surface area contributed by atoms with Crippen molar-refractivity contribution in [2.45, 2.75) is 6.18 Å². The quantitative estimate of drug-likeness (QED) is 0.535. The predicted octanol–water partition coefficient (Wildman–Crippen LogP) is 5.00. The summed E-state index contributed by atoms with van der Waals surface area (Å²) in [6, 6.07) is 10.8. The second-order valence-electron chi connectivity index (χ2n) is 6.25. The van der Waals surface area contributed by atoms with Crippen molar-refractivity contribution in [2.75, 3.05) is 12.4 Å². The molecule has 0 aliphatic carbocycles. The highest BCUT2D eigenvalue weighted by atomic mass is 19.4. The summed E-state index contributed by atoms with van der Waals surface area (Å²) >= 11 is 0. The van der Waals surface area contributed by atoms with Crippen LogP contribution in [0.1, 0.15) is 15.9 Å². The van der Waals surface area contributed by atoms with E-state index in [0.29, 0.717) is 12.1 Å². The van der Waals surface area contributed by atoms with Crippen molar-refractivity contribution in [1.29, 1.82) is 0 Å². The van der Waals surface area contributed by atoms with E-state index in [1.165, 1.54) is 49.6 Å². The fourth-order valence-electron chi connectivity index (χ4n) is 2.52. The van der Waals surface area contributed by atoms with Crippen molar-refractivity contribution in [1.82, 2.24) is 10.3 Å². The maximum atomic E-state index is 13.4. The highest BCUT2D eigenvalue weighted by molar-refractivity contribution is 6.04. The average Bonchev–Trinajstić information content (AvgIpc) is 2.74. The maximum Gasteiger partial charge on any atom is 0.419 e. The number of alkyl halides is 3. The third-order valence-electron chi connectivity index (χ3n) is 3.97. The number of nitrogens with one attached hydrogen (secondary N) is 2. The van der Waals surface area contributed by atoms with Gasteiger partial charge in [-0.25, -0.2) is 14.2 Å². The van der Waals surface area contributed by atoms with E-state index in [0.717, 1.165) is 6.07 Å². The molecule has 0 unspecified atom stereocenters. The molecule has 0 aliphatic rings. The lowest BCUT2D eigenvalue weighted by Crippen LogP contribution is -2.22. The van der Waals surface area contributed by atoms with Gasteiger partial charge in [0.2, 0.25) is 5.88 Å². The second-order valence-corrected chi connectivity index (χ2v) is 6.25. The van der Waals surface area contributed by atoms with E-state index in [2.05, 4.69) is 15.6 Å². The summed E-state index contributed by atoms with van der Waals surface area (Å²) < 4.78 is 62.5. The SMILES string of the molecule is CNC(=O)Oc1cc(Oc2cccc(C(=O)Nc3ccc(F)c(C(F)(F)F)c3)c2)ccn1. The zero-order chi connectivity index (χ0) is 23.3. The van der Waals surface area contributed by atoms with E-state index in [4.69, 9.17) is 9.47 Å². The Hall–Kier alpha value is -4.15. The summed E-state index contributed by atoms with van der Waals surface area (Å²) in [5.41, 5.74) is -1.63. The number of halogens is 4. The number of nitrogens with zero attached hydrogens (tertiary/aromatic N) is 1. The van der Waals surface area contributed by atoms with Crippen LogP contribution in [0.5, 0.6) is 17.4 Å². The van der Waals surface area contributed by atoms with E-state index in [9.17, 15) is 27.2 Å². The molecule has 7 nitrogen and oxygen atoms in total. The first-order valence-corrected chi connectivity index (χ1v) is 8.97. The molecular formula is C21H15F4N3O4. The molecule has 2 N–H and O–H groups in total. The zero-order valence-corrected chi connectivity index (χ0v) is 16.4. The van der Waals surface area contributed by atoms with Gasteiger partial charge < -0.3 is 20.1 Å². The van der Waals surface area contributed by atoms with Gasteiger partial charge in [0.25, 0.3) is 5.91 Å². The van der Waals surface area contributed by atoms with Crippen LogP contribution in [0.25, 0.3) is 0 Å². The number of pyridine rings is 1. The Morgan fingerprint density at radius 3 is 2.47 bits per heavy atom. The Morgan fingerprint density at radius 1 is 1.00 bits per heavy atom. The van der Waals surface area contributed by atoms with Crippen molar-refractivity contribution in [3.05, 3.63) is 77.7 Å². The summed E-state index contributed by atoms with van der Waals surface area (Å²) in [6.45, 7) is 0. The summed E-state index contributed by atoms with van der Waals surface area (Å²) in [7, 11) is 1.38. The van der Waals surface area contributed by atoms with Crippen LogP contribution in [-0.2, 0) is 6.18 Å². The third kappa shape index (κ3) is 5.72. The van der Waals surface area contributed by atoms with Crippen LogP contribution in [0.3, 0.4) is 0 Å². The number of hydrogen-bond donors (Lipinski definition) is 2. The van der Waals surface area contributed by atoms with Crippen molar-refractivity contribution in [3.8, 4) is 17.4 Å². The maximum absolute atomic E-state index is 13.4. The highest BCUT2D eigenvalue weighted by Crippen LogP contribution is 2.33. The van der Waals surface area contributed by atoms with Crippen LogP contribution in [0, 0.1) is 5.82 Å². The molecule has 0 fully saturated rings. The topological polar surface area (TPSA) is 89.5 Å². The molecule has 0 bridgehead atoms. The van der Waals surface area contributed by atoms with Crippen LogP contribution in [-0.4, -0.2) is 24.0 Å². The molecule has 11 heteroatoms. The number of amides is 2. The van der Waals surface area contributed by atoms with Gasteiger partial charge in [-0.3, -0.25) is 4.79 Å². The zero-order valence-electron chi connectivity index (χ0n) is 16.4. The number of rotatable bonds is 5. The monoisotopic (exact) mass is 449 g/mol. The Labute approximate surface area is 179 Å². The Balaban J connectivity index is 1.75. The lowest BCUT2D eigenvalue weighted by atomic mass is 10.1. The third-order valence-corrected chi connectivity index (χ3v) is 3.97. The largest absolute Gasteiger partial charge is 0.457 e. The van der Waals surface area contributed by atoms with E-state index in [1.54, 1.807) is 0 Å². The molecule has 0 aliphatic heterocycles. The minimum atomic E-state index is -4.90. The Morgan fingerprint density at radius 2 is 1.75 bits per heavy atom. The number of carbonyl (C=O) groups is 2. The van der Waals surface area contributed by atoms with Gasteiger partial charge in [0.05, 0.1) is 5.56 Å². The summed E-state index contributed by atoms with van der Waals surface area (Å²) in [5, 5.41) is 4.56. The minimum absolute atomic E-state index is 0.0208. The number of aromatic nitrogens is 1. The molecule has 1 heterocycles. The van der Waals surface area contributed by atoms with Gasteiger partial charge in [-0.1, -0.05) is 6.07 Å². The molecule has 0 atom stereocenters. The smallest absolute Gasteiger partial charge is 0.419 e. The first kappa shape index (κ1) is 22.5. The minimum Gasteiger partial charge on any atom is -0.457 e. The van der Waals surface area contributed by atoms with Crippen LogP contribution in [0.15, 0.2) is 60.8 Å².